The highest BCUT2D eigenvalue weighted by Crippen LogP contribution is 2.26. The van der Waals surface area contributed by atoms with Crippen LogP contribution >= 0.6 is 0 Å². The molecule has 0 aromatic heterocycles. The van der Waals surface area contributed by atoms with Crippen molar-refractivity contribution >= 4 is 15.7 Å². The van der Waals surface area contributed by atoms with Gasteiger partial charge < -0.3 is 9.64 Å². The Morgan fingerprint density at radius 1 is 1.36 bits per heavy atom. The van der Waals surface area contributed by atoms with Crippen LogP contribution in [0.4, 0.5) is 0 Å². The molecule has 0 saturated carbocycles. The number of carbonyl (C=O) groups excluding carboxylic acids is 1. The molecule has 1 aliphatic heterocycles. The lowest BCUT2D eigenvalue weighted by molar-refractivity contribution is -0.133. The summed E-state index contributed by atoms with van der Waals surface area (Å²) < 4.78 is 28.7. The Bertz CT molecular complexity index is 733. The summed E-state index contributed by atoms with van der Waals surface area (Å²) in [5, 5.41) is 3.30. The minimum absolute atomic E-state index is 0.0587. The SMILES string of the molecule is COc1ccc(C)cc1C(C)NC(C)C(=O)N(C)C1CCS(=O)(=O)C1. The van der Waals surface area contributed by atoms with Gasteiger partial charge in [-0.15, -0.1) is 0 Å². The molecular formula is C18H28N2O4S. The molecule has 7 heteroatoms. The van der Waals surface area contributed by atoms with E-state index < -0.39 is 15.9 Å². The van der Waals surface area contributed by atoms with E-state index in [4.69, 9.17) is 4.74 Å². The Hall–Kier alpha value is -1.60. The lowest BCUT2D eigenvalue weighted by Crippen LogP contribution is -2.48. The van der Waals surface area contributed by atoms with Crippen molar-refractivity contribution in [1.29, 1.82) is 0 Å². The van der Waals surface area contributed by atoms with E-state index in [2.05, 4.69) is 5.32 Å². The predicted octanol–water partition coefficient (Wildman–Crippen LogP) is 1.69. The van der Waals surface area contributed by atoms with Gasteiger partial charge in [0.1, 0.15) is 5.75 Å². The van der Waals surface area contributed by atoms with Gasteiger partial charge in [0.05, 0.1) is 24.7 Å². The van der Waals surface area contributed by atoms with E-state index >= 15 is 0 Å². The number of nitrogens with one attached hydrogen (secondary N) is 1. The van der Waals surface area contributed by atoms with E-state index in [-0.39, 0.29) is 29.5 Å². The molecule has 0 bridgehead atoms. The van der Waals surface area contributed by atoms with Crippen LogP contribution in [0.25, 0.3) is 0 Å². The molecule has 0 radical (unpaired) electrons. The topological polar surface area (TPSA) is 75.7 Å². The third kappa shape index (κ3) is 4.73. The second kappa shape index (κ2) is 7.74. The van der Waals surface area contributed by atoms with Crippen LogP contribution in [-0.4, -0.2) is 57.0 Å². The summed E-state index contributed by atoms with van der Waals surface area (Å²) in [4.78, 5) is 14.2. The summed E-state index contributed by atoms with van der Waals surface area (Å²) in [7, 11) is 0.303. The Morgan fingerprint density at radius 2 is 2.04 bits per heavy atom. The molecule has 1 amide bonds. The standard InChI is InChI=1S/C18H28N2O4S/c1-12-6-7-17(24-5)16(10-12)13(2)19-14(3)18(21)20(4)15-8-9-25(22,23)11-15/h6-7,10,13-15,19H,8-9,11H2,1-5H3. The summed E-state index contributed by atoms with van der Waals surface area (Å²) >= 11 is 0. The smallest absolute Gasteiger partial charge is 0.239 e. The van der Waals surface area contributed by atoms with E-state index in [1.54, 1.807) is 26.0 Å². The van der Waals surface area contributed by atoms with Gasteiger partial charge in [-0.1, -0.05) is 17.7 Å². The molecule has 25 heavy (non-hydrogen) atoms. The fraction of sp³-hybridized carbons (Fsp3) is 0.611. The van der Waals surface area contributed by atoms with Crippen molar-refractivity contribution in [2.75, 3.05) is 25.7 Å². The molecule has 3 atom stereocenters. The number of nitrogens with zero attached hydrogens (tertiary/aromatic N) is 1. The first kappa shape index (κ1) is 19.7. The molecule has 6 nitrogen and oxygen atoms in total. The van der Waals surface area contributed by atoms with Gasteiger partial charge in [0.2, 0.25) is 5.91 Å². The Labute approximate surface area is 150 Å². The van der Waals surface area contributed by atoms with Crippen molar-refractivity contribution in [3.8, 4) is 5.75 Å². The fourth-order valence-corrected chi connectivity index (χ4v) is 5.07. The van der Waals surface area contributed by atoms with E-state index in [1.165, 1.54) is 0 Å². The van der Waals surface area contributed by atoms with Crippen molar-refractivity contribution in [3.05, 3.63) is 29.3 Å². The van der Waals surface area contributed by atoms with Gasteiger partial charge in [-0.2, -0.15) is 0 Å². The predicted molar refractivity (Wildman–Crippen MR) is 98.6 cm³/mol. The zero-order valence-electron chi connectivity index (χ0n) is 15.6. The average molecular weight is 368 g/mol. The number of methoxy groups -OCH3 is 1. The second-order valence-electron chi connectivity index (χ2n) is 6.86. The van der Waals surface area contributed by atoms with Crippen LogP contribution < -0.4 is 10.1 Å². The summed E-state index contributed by atoms with van der Waals surface area (Å²) in [5.41, 5.74) is 2.12. The van der Waals surface area contributed by atoms with Gasteiger partial charge in [-0.25, -0.2) is 8.42 Å². The van der Waals surface area contributed by atoms with Gasteiger partial charge in [0, 0.05) is 24.7 Å². The van der Waals surface area contributed by atoms with Gasteiger partial charge in [0.25, 0.3) is 0 Å². The summed E-state index contributed by atoms with van der Waals surface area (Å²) in [6, 6.07) is 5.22. The average Bonchev–Trinajstić information content (AvgIpc) is 2.93. The Balaban J connectivity index is 2.04. The molecule has 3 unspecified atom stereocenters. The number of carbonyl (C=O) groups is 1. The molecule has 1 saturated heterocycles. The summed E-state index contributed by atoms with van der Waals surface area (Å²) in [6.07, 6.45) is 0.512. The van der Waals surface area contributed by atoms with Crippen LogP contribution in [0.15, 0.2) is 18.2 Å². The first-order chi connectivity index (χ1) is 11.6. The van der Waals surface area contributed by atoms with Crippen molar-refractivity contribution in [2.24, 2.45) is 0 Å². The van der Waals surface area contributed by atoms with Crippen molar-refractivity contribution in [1.82, 2.24) is 10.2 Å². The molecule has 1 aromatic rings. The Morgan fingerprint density at radius 3 is 2.60 bits per heavy atom. The highest BCUT2D eigenvalue weighted by Gasteiger charge is 2.34. The van der Waals surface area contributed by atoms with E-state index in [1.807, 2.05) is 32.0 Å². The number of ether oxygens (including phenoxy) is 1. The first-order valence-electron chi connectivity index (χ1n) is 8.52. The molecule has 1 fully saturated rings. The monoisotopic (exact) mass is 368 g/mol. The maximum absolute atomic E-state index is 12.7. The zero-order chi connectivity index (χ0) is 18.8. The zero-order valence-corrected chi connectivity index (χ0v) is 16.4. The molecule has 0 aliphatic carbocycles. The number of sulfone groups is 1. The van der Waals surface area contributed by atoms with E-state index in [9.17, 15) is 13.2 Å². The molecule has 1 aliphatic rings. The van der Waals surface area contributed by atoms with Gasteiger partial charge in [-0.3, -0.25) is 10.1 Å². The van der Waals surface area contributed by atoms with Crippen LogP contribution in [0.3, 0.4) is 0 Å². The lowest BCUT2D eigenvalue weighted by Gasteiger charge is -2.29. The van der Waals surface area contributed by atoms with Crippen LogP contribution in [-0.2, 0) is 14.6 Å². The van der Waals surface area contributed by atoms with Crippen LogP contribution in [0.2, 0.25) is 0 Å². The fourth-order valence-electron chi connectivity index (χ4n) is 3.29. The minimum Gasteiger partial charge on any atom is -0.496 e. The van der Waals surface area contributed by atoms with Crippen LogP contribution in [0.1, 0.15) is 37.4 Å². The third-order valence-corrected chi connectivity index (χ3v) is 6.58. The van der Waals surface area contributed by atoms with Crippen LogP contribution in [0, 0.1) is 6.92 Å². The second-order valence-corrected chi connectivity index (χ2v) is 9.09. The van der Waals surface area contributed by atoms with Gasteiger partial charge >= 0.3 is 0 Å². The third-order valence-electron chi connectivity index (χ3n) is 4.83. The quantitative estimate of drug-likeness (QED) is 0.827. The van der Waals surface area contributed by atoms with Gasteiger partial charge in [-0.05, 0) is 33.3 Å². The molecule has 1 heterocycles. The van der Waals surface area contributed by atoms with Crippen LogP contribution in [0.5, 0.6) is 5.75 Å². The first-order valence-corrected chi connectivity index (χ1v) is 10.3. The number of benzene rings is 1. The maximum atomic E-state index is 12.7. The molecule has 1 aromatic carbocycles. The molecule has 1 N–H and O–H groups in total. The van der Waals surface area contributed by atoms with E-state index in [0.717, 1.165) is 16.9 Å². The van der Waals surface area contributed by atoms with Crippen molar-refractivity contribution in [3.63, 3.8) is 0 Å². The van der Waals surface area contributed by atoms with Gasteiger partial charge in [0.15, 0.2) is 9.84 Å². The largest absolute Gasteiger partial charge is 0.496 e. The van der Waals surface area contributed by atoms with Crippen molar-refractivity contribution < 1.29 is 17.9 Å². The molecular weight excluding hydrogens is 340 g/mol. The summed E-state index contributed by atoms with van der Waals surface area (Å²) in [6.45, 7) is 5.81. The lowest BCUT2D eigenvalue weighted by atomic mass is 10.0. The maximum Gasteiger partial charge on any atom is 0.239 e. The highest BCUT2D eigenvalue weighted by atomic mass is 32.2. The number of hydrogen-bond donors (Lipinski definition) is 1. The molecule has 140 valence electrons. The molecule has 2 rings (SSSR count). The number of amides is 1. The normalized spacial score (nSPS) is 21.6. The Kier molecular flexibility index (Phi) is 6.11. The highest BCUT2D eigenvalue weighted by molar-refractivity contribution is 7.91. The minimum atomic E-state index is -3.01. The number of hydrogen-bond acceptors (Lipinski definition) is 5. The van der Waals surface area contributed by atoms with Crippen molar-refractivity contribution in [2.45, 2.75) is 45.3 Å². The summed E-state index contributed by atoms with van der Waals surface area (Å²) in [5.74, 6) is 0.901. The number of aryl methyl sites for hydroxylation is 1. The number of rotatable bonds is 6. The molecule has 0 spiro atoms. The number of likely N-dealkylation sites (N-methyl/N-ethyl adjacent to an activating group) is 1. The van der Waals surface area contributed by atoms with E-state index in [0.29, 0.717) is 6.42 Å².